The summed E-state index contributed by atoms with van der Waals surface area (Å²) in [6.07, 6.45) is 3.35. The molecule has 0 N–H and O–H groups in total. The summed E-state index contributed by atoms with van der Waals surface area (Å²) in [6.45, 7) is 0.100. The summed E-state index contributed by atoms with van der Waals surface area (Å²) in [7, 11) is 1.61. The van der Waals surface area contributed by atoms with Crippen LogP contribution < -0.4 is 26.3 Å². The summed E-state index contributed by atoms with van der Waals surface area (Å²) in [5.74, 6) is 0.593. The van der Waals surface area contributed by atoms with Gasteiger partial charge < -0.3 is 21.7 Å². The van der Waals surface area contributed by atoms with Gasteiger partial charge in [-0.3, -0.25) is 14.9 Å². The maximum absolute atomic E-state index is 12.3. The van der Waals surface area contributed by atoms with Gasteiger partial charge in [0.25, 0.3) is 12.0 Å². The fraction of sp³-hybridized carbons (Fsp3) is 0.105. The van der Waals surface area contributed by atoms with Crippen LogP contribution in [0.5, 0.6) is 5.75 Å². The van der Waals surface area contributed by atoms with Gasteiger partial charge in [0.05, 0.1) is 18.2 Å². The number of non-ortho nitro benzene ring substituents is 1. The zero-order valence-electron chi connectivity index (χ0n) is 14.4. The molecule has 3 rings (SSSR count). The first-order valence-electron chi connectivity index (χ1n) is 7.84. The maximum Gasteiger partial charge on any atom is 0.287 e. The molecule has 0 bridgehead atoms. The number of nitro groups is 1. The van der Waals surface area contributed by atoms with E-state index in [9.17, 15) is 14.9 Å². The van der Waals surface area contributed by atoms with E-state index >= 15 is 0 Å². The minimum atomic E-state index is -0.496. The minimum absolute atomic E-state index is 0. The lowest BCUT2D eigenvalue weighted by molar-refractivity contribution is -0.686. The Kier molecular flexibility index (Phi) is 6.73. The van der Waals surface area contributed by atoms with Crippen LogP contribution >= 0.6 is 0 Å². The first kappa shape index (κ1) is 20.2. The van der Waals surface area contributed by atoms with E-state index in [0.29, 0.717) is 5.56 Å². The number of ketones is 1. The third-order valence-corrected chi connectivity index (χ3v) is 3.86. The highest BCUT2D eigenvalue weighted by Gasteiger charge is 2.13. The predicted molar refractivity (Wildman–Crippen MR) is 93.8 cm³/mol. The van der Waals surface area contributed by atoms with Crippen molar-refractivity contribution in [2.24, 2.45) is 0 Å². The van der Waals surface area contributed by atoms with Gasteiger partial charge in [-0.25, -0.2) is 4.57 Å². The van der Waals surface area contributed by atoms with Gasteiger partial charge >= 0.3 is 0 Å². The van der Waals surface area contributed by atoms with E-state index in [1.807, 2.05) is 30.3 Å². The number of Topliss-reactive ketones (excluding diaryl/α,β-unsaturated/α-hetero) is 1. The lowest BCUT2D eigenvalue weighted by Crippen LogP contribution is -3.00. The van der Waals surface area contributed by atoms with Crippen LogP contribution in [0.1, 0.15) is 10.4 Å². The van der Waals surface area contributed by atoms with Crippen molar-refractivity contribution in [1.82, 2.24) is 4.98 Å². The number of ether oxygens (including phenoxy) is 1. The molecule has 0 radical (unpaired) electrons. The number of benzene rings is 2. The Morgan fingerprint density at radius 2 is 1.93 bits per heavy atom. The number of hydrogen-bond donors (Lipinski definition) is 0. The molecule has 1 heterocycles. The van der Waals surface area contributed by atoms with Gasteiger partial charge in [0, 0.05) is 29.3 Å². The van der Waals surface area contributed by atoms with Crippen LogP contribution in [0.3, 0.4) is 0 Å². The summed E-state index contributed by atoms with van der Waals surface area (Å²) in [4.78, 5) is 26.8. The Bertz CT molecular complexity index is 944. The molecule has 0 spiro atoms. The highest BCUT2D eigenvalue weighted by atomic mass is 79.9. The molecule has 1 aromatic heterocycles. The second-order valence-electron chi connectivity index (χ2n) is 5.58. The smallest absolute Gasteiger partial charge is 0.287 e. The molecule has 0 saturated heterocycles. The number of nitrogens with zero attached hydrogens (tertiary/aromatic N) is 3. The van der Waals surface area contributed by atoms with Crippen LogP contribution in [0.25, 0.3) is 11.3 Å². The van der Waals surface area contributed by atoms with Crippen molar-refractivity contribution >= 4 is 11.5 Å². The zero-order valence-corrected chi connectivity index (χ0v) is 16.0. The first-order chi connectivity index (χ1) is 12.6. The van der Waals surface area contributed by atoms with Crippen LogP contribution in [0.2, 0.25) is 0 Å². The molecule has 7 nitrogen and oxygen atoms in total. The normalized spacial score (nSPS) is 9.96. The Morgan fingerprint density at radius 1 is 1.19 bits per heavy atom. The summed E-state index contributed by atoms with van der Waals surface area (Å²) in [6, 6.07) is 14.9. The summed E-state index contributed by atoms with van der Waals surface area (Å²) < 4.78 is 6.87. The monoisotopic (exact) mass is 429 g/mol. The Morgan fingerprint density at radius 3 is 2.52 bits per heavy atom. The van der Waals surface area contributed by atoms with Crippen molar-refractivity contribution < 1.29 is 36.0 Å². The third kappa shape index (κ3) is 4.95. The van der Waals surface area contributed by atoms with E-state index in [1.54, 1.807) is 24.2 Å². The topological polar surface area (TPSA) is 86.2 Å². The Labute approximate surface area is 166 Å². The molecular formula is C19H16BrN3O4. The standard InChI is InChI=1S/C19H16N3O4.BrH/c1-26-17-4-2-3-15(11-17)18-9-10-21(13-20-18)12-19(23)14-5-7-16(8-6-14)22(24)25;/h2-11,13H,12H2,1H3;1H/q+1;/p-1. The Hall–Kier alpha value is -3.13. The summed E-state index contributed by atoms with van der Waals surface area (Å²) >= 11 is 0. The second kappa shape index (κ2) is 9.00. The van der Waals surface area contributed by atoms with E-state index < -0.39 is 4.92 Å². The molecule has 138 valence electrons. The fourth-order valence-corrected chi connectivity index (χ4v) is 2.46. The number of carbonyl (C=O) groups is 1. The molecule has 0 aliphatic heterocycles. The predicted octanol–water partition coefficient (Wildman–Crippen LogP) is -0.160. The lowest BCUT2D eigenvalue weighted by Gasteiger charge is -2.02. The lowest BCUT2D eigenvalue weighted by atomic mass is 10.1. The van der Waals surface area contributed by atoms with E-state index in [1.165, 1.54) is 24.3 Å². The molecule has 27 heavy (non-hydrogen) atoms. The highest BCUT2D eigenvalue weighted by molar-refractivity contribution is 5.95. The fourth-order valence-electron chi connectivity index (χ4n) is 2.46. The van der Waals surface area contributed by atoms with Crippen LogP contribution in [-0.2, 0) is 6.54 Å². The van der Waals surface area contributed by atoms with Crippen molar-refractivity contribution in [3.8, 4) is 17.0 Å². The molecule has 0 atom stereocenters. The molecule has 3 aromatic rings. The molecular weight excluding hydrogens is 414 g/mol. The average Bonchev–Trinajstić information content (AvgIpc) is 2.68. The Balaban J connectivity index is 0.00000261. The van der Waals surface area contributed by atoms with Crippen LogP contribution in [0.4, 0.5) is 5.69 Å². The number of rotatable bonds is 6. The van der Waals surface area contributed by atoms with E-state index in [0.717, 1.165) is 17.0 Å². The number of halogens is 1. The maximum atomic E-state index is 12.3. The summed E-state index contributed by atoms with van der Waals surface area (Å²) in [5, 5.41) is 10.7. The number of hydrogen-bond acceptors (Lipinski definition) is 5. The van der Waals surface area contributed by atoms with Crippen molar-refractivity contribution in [2.75, 3.05) is 7.11 Å². The highest BCUT2D eigenvalue weighted by Crippen LogP contribution is 2.21. The van der Waals surface area contributed by atoms with Gasteiger partial charge in [0.1, 0.15) is 5.75 Å². The number of carbonyl (C=O) groups excluding carboxylic acids is 1. The van der Waals surface area contributed by atoms with Gasteiger partial charge in [-0.05, 0) is 29.2 Å². The molecule has 0 amide bonds. The van der Waals surface area contributed by atoms with Gasteiger partial charge in [-0.1, -0.05) is 12.1 Å². The number of aromatic nitrogens is 2. The minimum Gasteiger partial charge on any atom is -1.00 e. The van der Waals surface area contributed by atoms with Crippen molar-refractivity contribution in [2.45, 2.75) is 6.54 Å². The molecule has 0 aliphatic rings. The first-order valence-corrected chi connectivity index (χ1v) is 7.84. The average molecular weight is 430 g/mol. The third-order valence-electron chi connectivity index (χ3n) is 3.86. The molecule has 0 saturated carbocycles. The molecule has 2 aromatic carbocycles. The second-order valence-corrected chi connectivity index (χ2v) is 5.58. The van der Waals surface area contributed by atoms with Crippen molar-refractivity contribution in [1.29, 1.82) is 0 Å². The van der Waals surface area contributed by atoms with Crippen molar-refractivity contribution in [3.05, 3.63) is 82.8 Å². The molecule has 0 fully saturated rings. The van der Waals surface area contributed by atoms with E-state index in [-0.39, 0.29) is 35.0 Å². The van der Waals surface area contributed by atoms with Gasteiger partial charge in [-0.15, -0.1) is 0 Å². The number of nitro benzene ring substituents is 1. The molecule has 0 aliphatic carbocycles. The van der Waals surface area contributed by atoms with Crippen LogP contribution in [-0.4, -0.2) is 22.8 Å². The van der Waals surface area contributed by atoms with Crippen molar-refractivity contribution in [3.63, 3.8) is 0 Å². The SMILES string of the molecule is COc1cccc(-c2cc[n+](CC(=O)c3ccc([N+](=O)[O-])cc3)cn2)c1.[Br-]. The zero-order chi connectivity index (χ0) is 18.5. The largest absolute Gasteiger partial charge is 1.00 e. The van der Waals surface area contributed by atoms with E-state index in [4.69, 9.17) is 4.74 Å². The molecule has 8 heteroatoms. The van der Waals surface area contributed by atoms with E-state index in [2.05, 4.69) is 4.98 Å². The summed E-state index contributed by atoms with van der Waals surface area (Å²) in [5.41, 5.74) is 2.06. The molecule has 0 unspecified atom stereocenters. The van der Waals surface area contributed by atoms with Gasteiger partial charge in [0.2, 0.25) is 5.78 Å². The van der Waals surface area contributed by atoms with Crippen LogP contribution in [0, 0.1) is 10.1 Å². The van der Waals surface area contributed by atoms with Gasteiger partial charge in [0.15, 0.2) is 12.2 Å². The quantitative estimate of drug-likeness (QED) is 0.235. The van der Waals surface area contributed by atoms with Crippen LogP contribution in [0.15, 0.2) is 67.1 Å². The number of methoxy groups -OCH3 is 1. The van der Waals surface area contributed by atoms with Gasteiger partial charge in [-0.2, -0.15) is 0 Å².